The van der Waals surface area contributed by atoms with Crippen LogP contribution in [0.15, 0.2) is 27.7 Å². The number of fused-ring (bicyclic) bond motifs is 3. The Balaban J connectivity index is 1.53. The number of hydrogen-bond acceptors (Lipinski definition) is 6. The van der Waals surface area contributed by atoms with Crippen molar-refractivity contribution >= 4 is 45.0 Å². The Bertz CT molecular complexity index is 1090. The summed E-state index contributed by atoms with van der Waals surface area (Å²) in [5.41, 5.74) is 4.59. The first-order valence-electron chi connectivity index (χ1n) is 8.88. The summed E-state index contributed by atoms with van der Waals surface area (Å²) in [6.45, 7) is 4.13. The highest BCUT2D eigenvalue weighted by Crippen LogP contribution is 2.35. The van der Waals surface area contributed by atoms with Crippen molar-refractivity contribution in [2.45, 2.75) is 39.7 Å². The zero-order valence-corrected chi connectivity index (χ0v) is 16.8. The maximum Gasteiger partial charge on any atom is 0.262 e. The van der Waals surface area contributed by atoms with E-state index in [0.29, 0.717) is 11.3 Å². The summed E-state index contributed by atoms with van der Waals surface area (Å²) in [6.07, 6.45) is 6.09. The first-order valence-corrected chi connectivity index (χ1v) is 10.6. The minimum absolute atomic E-state index is 0.0937. The fourth-order valence-electron chi connectivity index (χ4n) is 3.35. The van der Waals surface area contributed by atoms with Crippen LogP contribution in [0.3, 0.4) is 0 Å². The molecule has 0 saturated carbocycles. The Morgan fingerprint density at radius 3 is 3.15 bits per heavy atom. The molecule has 8 heteroatoms. The Kier molecular flexibility index (Phi) is 4.92. The van der Waals surface area contributed by atoms with Crippen LogP contribution in [0.4, 0.5) is 0 Å². The molecule has 1 aliphatic carbocycles. The predicted octanol–water partition coefficient (Wildman–Crippen LogP) is 3.10. The summed E-state index contributed by atoms with van der Waals surface area (Å²) in [6, 6.07) is 2.00. The van der Waals surface area contributed by atoms with Gasteiger partial charge in [-0.05, 0) is 54.7 Å². The van der Waals surface area contributed by atoms with Gasteiger partial charge in [0.25, 0.3) is 11.5 Å². The Hall–Kier alpha value is -2.32. The molecule has 140 valence electrons. The van der Waals surface area contributed by atoms with Gasteiger partial charge >= 0.3 is 0 Å². The average Bonchev–Trinajstić information content (AvgIpc) is 3.20. The van der Waals surface area contributed by atoms with E-state index in [1.165, 1.54) is 15.8 Å². The normalized spacial score (nSPS) is 16.7. The molecule has 3 aromatic rings. The topological polar surface area (TPSA) is 76.3 Å². The quantitative estimate of drug-likeness (QED) is 0.540. The maximum atomic E-state index is 12.9. The van der Waals surface area contributed by atoms with Gasteiger partial charge in [-0.15, -0.1) is 22.7 Å². The number of nitrogens with one attached hydrogen (secondary N) is 1. The van der Waals surface area contributed by atoms with Gasteiger partial charge in [0.05, 0.1) is 17.9 Å². The minimum atomic E-state index is -0.346. The molecule has 0 aliphatic heterocycles. The van der Waals surface area contributed by atoms with Crippen LogP contribution >= 0.6 is 22.7 Å². The molecule has 0 spiro atoms. The standard InChI is InChI=1S/C19H20N4O2S2/c1-11-3-4-13-14(7-11)27-18-17(13)19(25)23(10-20-18)9-16(24)22-21-8-15-12(2)5-6-26-15/h5-6,8,10-11H,3-4,7,9H2,1-2H3,(H,22,24). The van der Waals surface area contributed by atoms with Gasteiger partial charge in [0, 0.05) is 9.75 Å². The molecule has 1 unspecified atom stereocenters. The third-order valence-electron chi connectivity index (χ3n) is 4.87. The van der Waals surface area contributed by atoms with Gasteiger partial charge in [0.2, 0.25) is 0 Å². The molecule has 1 amide bonds. The second kappa shape index (κ2) is 7.36. The zero-order valence-electron chi connectivity index (χ0n) is 15.2. The SMILES string of the molecule is Cc1ccsc1C=NNC(=O)Cn1cnc2sc3c(c2c1=O)CCC(C)C3. The lowest BCUT2D eigenvalue weighted by atomic mass is 9.89. The summed E-state index contributed by atoms with van der Waals surface area (Å²) in [5.74, 6) is 0.296. The van der Waals surface area contributed by atoms with E-state index in [-0.39, 0.29) is 18.0 Å². The van der Waals surface area contributed by atoms with E-state index < -0.39 is 0 Å². The second-order valence-electron chi connectivity index (χ2n) is 6.97. The summed E-state index contributed by atoms with van der Waals surface area (Å²) in [5, 5.41) is 6.65. The minimum Gasteiger partial charge on any atom is -0.289 e. The van der Waals surface area contributed by atoms with Gasteiger partial charge in [-0.1, -0.05) is 6.92 Å². The fraction of sp³-hybridized carbons (Fsp3) is 0.368. The van der Waals surface area contributed by atoms with Crippen molar-refractivity contribution in [2.75, 3.05) is 0 Å². The lowest BCUT2D eigenvalue weighted by Gasteiger charge is -2.17. The fourth-order valence-corrected chi connectivity index (χ4v) is 5.48. The summed E-state index contributed by atoms with van der Waals surface area (Å²) in [4.78, 5) is 32.5. The number of thiophene rings is 2. The lowest BCUT2D eigenvalue weighted by Crippen LogP contribution is -2.30. The third kappa shape index (κ3) is 3.59. The van der Waals surface area contributed by atoms with E-state index in [1.54, 1.807) is 28.9 Å². The molecule has 27 heavy (non-hydrogen) atoms. The largest absolute Gasteiger partial charge is 0.289 e. The van der Waals surface area contributed by atoms with Crippen molar-refractivity contribution in [3.63, 3.8) is 0 Å². The van der Waals surface area contributed by atoms with Crippen molar-refractivity contribution < 1.29 is 4.79 Å². The number of amides is 1. The average molecular weight is 401 g/mol. The molecule has 0 aromatic carbocycles. The number of aromatic nitrogens is 2. The van der Waals surface area contributed by atoms with Crippen molar-refractivity contribution in [1.82, 2.24) is 15.0 Å². The monoisotopic (exact) mass is 400 g/mol. The van der Waals surface area contributed by atoms with E-state index in [2.05, 4.69) is 22.4 Å². The number of aryl methyl sites for hydroxylation is 2. The molecule has 0 saturated heterocycles. The highest BCUT2D eigenvalue weighted by atomic mass is 32.1. The maximum absolute atomic E-state index is 12.9. The molecule has 0 radical (unpaired) electrons. The molecule has 0 bridgehead atoms. The molecule has 6 nitrogen and oxygen atoms in total. The smallest absolute Gasteiger partial charge is 0.262 e. The number of nitrogens with zero attached hydrogens (tertiary/aromatic N) is 3. The number of rotatable bonds is 4. The Morgan fingerprint density at radius 2 is 2.37 bits per heavy atom. The van der Waals surface area contributed by atoms with Crippen molar-refractivity contribution in [2.24, 2.45) is 11.0 Å². The van der Waals surface area contributed by atoms with E-state index in [4.69, 9.17) is 0 Å². The number of hydrogen-bond donors (Lipinski definition) is 1. The molecule has 4 rings (SSSR count). The predicted molar refractivity (Wildman–Crippen MR) is 110 cm³/mol. The molecule has 0 fully saturated rings. The highest BCUT2D eigenvalue weighted by Gasteiger charge is 2.23. The molecule has 3 heterocycles. The van der Waals surface area contributed by atoms with Crippen molar-refractivity contribution in [3.05, 3.63) is 49.0 Å². The Morgan fingerprint density at radius 1 is 1.52 bits per heavy atom. The summed E-state index contributed by atoms with van der Waals surface area (Å²) >= 11 is 3.17. The van der Waals surface area contributed by atoms with Crippen molar-refractivity contribution in [1.29, 1.82) is 0 Å². The first kappa shape index (κ1) is 18.1. The van der Waals surface area contributed by atoms with Crippen LogP contribution in [-0.2, 0) is 24.2 Å². The van der Waals surface area contributed by atoms with Crippen LogP contribution in [-0.4, -0.2) is 21.7 Å². The number of carbonyl (C=O) groups is 1. The van der Waals surface area contributed by atoms with Gasteiger partial charge < -0.3 is 0 Å². The molecule has 1 N–H and O–H groups in total. The van der Waals surface area contributed by atoms with Crippen molar-refractivity contribution in [3.8, 4) is 0 Å². The van der Waals surface area contributed by atoms with E-state index in [9.17, 15) is 9.59 Å². The number of carbonyl (C=O) groups excluding carboxylic acids is 1. The number of hydrazone groups is 1. The first-order chi connectivity index (χ1) is 13.0. The van der Waals surface area contributed by atoms with Crippen LogP contribution in [0.1, 0.15) is 34.2 Å². The van der Waals surface area contributed by atoms with E-state index >= 15 is 0 Å². The Labute approximate surface area is 164 Å². The van der Waals surface area contributed by atoms with Crippen LogP contribution in [0.25, 0.3) is 10.2 Å². The van der Waals surface area contributed by atoms with Crippen LogP contribution in [0.5, 0.6) is 0 Å². The molecule has 1 aliphatic rings. The van der Waals surface area contributed by atoms with Gasteiger partial charge in [0.1, 0.15) is 11.4 Å². The van der Waals surface area contributed by atoms with Gasteiger partial charge in [-0.3, -0.25) is 14.2 Å². The molecular formula is C19H20N4O2S2. The summed E-state index contributed by atoms with van der Waals surface area (Å²) < 4.78 is 1.37. The zero-order chi connectivity index (χ0) is 19.0. The second-order valence-corrected chi connectivity index (χ2v) is 9.00. The van der Waals surface area contributed by atoms with Crippen LogP contribution < -0.4 is 11.0 Å². The van der Waals surface area contributed by atoms with Crippen LogP contribution in [0, 0.1) is 12.8 Å². The van der Waals surface area contributed by atoms with E-state index in [1.807, 2.05) is 18.4 Å². The third-order valence-corrected chi connectivity index (χ3v) is 6.98. The van der Waals surface area contributed by atoms with Gasteiger partial charge in [-0.25, -0.2) is 10.4 Å². The lowest BCUT2D eigenvalue weighted by molar-refractivity contribution is -0.121. The summed E-state index contributed by atoms with van der Waals surface area (Å²) in [7, 11) is 0. The molecule has 1 atom stereocenters. The molecule has 3 aromatic heterocycles. The van der Waals surface area contributed by atoms with Crippen LogP contribution in [0.2, 0.25) is 0 Å². The molecular weight excluding hydrogens is 380 g/mol. The highest BCUT2D eigenvalue weighted by molar-refractivity contribution is 7.18. The van der Waals surface area contributed by atoms with Gasteiger partial charge in [0.15, 0.2) is 0 Å². The van der Waals surface area contributed by atoms with E-state index in [0.717, 1.165) is 40.1 Å². The van der Waals surface area contributed by atoms with Gasteiger partial charge in [-0.2, -0.15) is 5.10 Å².